The van der Waals surface area contributed by atoms with Crippen LogP contribution in [0.3, 0.4) is 0 Å². The molecule has 4 aromatic rings. The Hall–Kier alpha value is -3.37. The first-order chi connectivity index (χ1) is 20.2. The maximum Gasteiger partial charge on any atom is 0.354 e. The number of nitrogens with zero attached hydrogens (tertiary/aromatic N) is 2. The van der Waals surface area contributed by atoms with Crippen LogP contribution in [-0.2, 0) is 33.8 Å². The van der Waals surface area contributed by atoms with Gasteiger partial charge in [0.25, 0.3) is 0 Å². The van der Waals surface area contributed by atoms with Gasteiger partial charge in [0.2, 0.25) is 0 Å². The van der Waals surface area contributed by atoms with Gasteiger partial charge in [0.05, 0.1) is 41.3 Å². The number of carbonyl (C=O) groups is 2. The molecule has 230 valence electrons. The van der Waals surface area contributed by atoms with Gasteiger partial charge >= 0.3 is 11.9 Å². The summed E-state index contributed by atoms with van der Waals surface area (Å²) >= 11 is 0. The smallest absolute Gasteiger partial charge is 0.354 e. The molecule has 0 fully saturated rings. The summed E-state index contributed by atoms with van der Waals surface area (Å²) in [5.74, 6) is 0.235. The number of quaternary nitrogens is 1. The summed E-state index contributed by atoms with van der Waals surface area (Å²) < 4.78 is 19.3. The number of halogens is 1. The van der Waals surface area contributed by atoms with E-state index in [0.717, 1.165) is 70.9 Å². The van der Waals surface area contributed by atoms with Gasteiger partial charge in [-0.25, -0.2) is 4.79 Å². The molecular weight excluding hydrogens is 655 g/mol. The van der Waals surface area contributed by atoms with Crippen molar-refractivity contribution in [2.45, 2.75) is 51.7 Å². The van der Waals surface area contributed by atoms with Crippen molar-refractivity contribution < 1.29 is 47.8 Å². The Morgan fingerprint density at radius 1 is 0.791 bits per heavy atom. The minimum absolute atomic E-state index is 0. The molecule has 0 aliphatic carbocycles. The quantitative estimate of drug-likeness (QED) is 0.0816. The van der Waals surface area contributed by atoms with E-state index in [2.05, 4.69) is 33.3 Å². The van der Waals surface area contributed by atoms with E-state index in [1.54, 1.807) is 0 Å². The van der Waals surface area contributed by atoms with Crippen LogP contribution in [0.1, 0.15) is 53.7 Å². The lowest BCUT2D eigenvalue weighted by molar-refractivity contribution is -0.142. The number of benzene rings is 3. The van der Waals surface area contributed by atoms with Gasteiger partial charge in [-0.2, -0.15) is 0 Å². The second-order valence-corrected chi connectivity index (χ2v) is 11.5. The molecule has 0 aliphatic heterocycles. The number of esters is 2. The lowest BCUT2D eigenvalue weighted by Gasteiger charge is -2.23. The number of unbranched alkanes of at least 4 members (excludes halogenated alkanes) is 4. The summed E-state index contributed by atoms with van der Waals surface area (Å²) in [6.45, 7) is 1.65. The Bertz CT molecular complexity index is 1460. The second-order valence-electron chi connectivity index (χ2n) is 11.5. The van der Waals surface area contributed by atoms with E-state index < -0.39 is 0 Å². The standard InChI is InChI=1S/C35H43N2O5.HI/c1-37(2,3)30-17-15-27(16-18-30)23-34(38)41-22-12-7-5-6-11-21-36-32-20-19-31(42-26-28-13-9-8-10-14-28)24-29(32)25-33(36)35(39)40-4;/h8-10,13-20,24-25H,5-7,11-12,21-23,26H2,1-4H3;1H/q+1;/p-1. The molecule has 4 rings (SSSR count). The van der Waals surface area contributed by atoms with Crippen molar-refractivity contribution in [2.24, 2.45) is 0 Å². The van der Waals surface area contributed by atoms with E-state index in [0.29, 0.717) is 25.3 Å². The largest absolute Gasteiger partial charge is 1.00 e. The topological polar surface area (TPSA) is 66.8 Å². The molecule has 43 heavy (non-hydrogen) atoms. The molecule has 0 saturated carbocycles. The third kappa shape index (κ3) is 10.1. The zero-order chi connectivity index (χ0) is 30.0. The van der Waals surface area contributed by atoms with Crippen LogP contribution in [0.2, 0.25) is 0 Å². The highest BCUT2D eigenvalue weighted by Gasteiger charge is 2.17. The van der Waals surface area contributed by atoms with Gasteiger partial charge in [-0.1, -0.05) is 61.7 Å². The highest BCUT2D eigenvalue weighted by Crippen LogP contribution is 2.27. The zero-order valence-corrected chi connectivity index (χ0v) is 27.8. The first-order valence-electron chi connectivity index (χ1n) is 14.7. The normalized spacial score (nSPS) is 11.2. The van der Waals surface area contributed by atoms with Gasteiger partial charge in [-0.15, -0.1) is 0 Å². The maximum absolute atomic E-state index is 12.5. The lowest BCUT2D eigenvalue weighted by atomic mass is 10.1. The third-order valence-electron chi connectivity index (χ3n) is 7.36. The van der Waals surface area contributed by atoms with Crippen molar-refractivity contribution in [3.8, 4) is 5.75 Å². The van der Waals surface area contributed by atoms with Crippen LogP contribution in [-0.4, -0.2) is 51.4 Å². The fraction of sp³-hybridized carbons (Fsp3) is 0.371. The molecule has 0 atom stereocenters. The molecule has 1 heterocycles. The zero-order valence-electron chi connectivity index (χ0n) is 25.7. The first kappa shape index (κ1) is 34.1. The third-order valence-corrected chi connectivity index (χ3v) is 7.36. The molecular formula is C35H43IN2O5. The van der Waals surface area contributed by atoms with Crippen molar-refractivity contribution in [1.29, 1.82) is 0 Å². The Morgan fingerprint density at radius 2 is 1.49 bits per heavy atom. The predicted octanol–water partition coefficient (Wildman–Crippen LogP) is 3.94. The minimum atomic E-state index is -0.343. The summed E-state index contributed by atoms with van der Waals surface area (Å²) in [4.78, 5) is 24.7. The summed E-state index contributed by atoms with van der Waals surface area (Å²) in [5.41, 5.74) is 4.80. The number of ether oxygens (including phenoxy) is 3. The van der Waals surface area contributed by atoms with Crippen LogP contribution in [0.5, 0.6) is 5.75 Å². The van der Waals surface area contributed by atoms with Crippen molar-refractivity contribution >= 4 is 28.5 Å². The minimum Gasteiger partial charge on any atom is -1.00 e. The van der Waals surface area contributed by atoms with E-state index >= 15 is 0 Å². The molecule has 0 aliphatic rings. The first-order valence-corrected chi connectivity index (χ1v) is 14.7. The van der Waals surface area contributed by atoms with Crippen molar-refractivity contribution in [1.82, 2.24) is 9.05 Å². The van der Waals surface area contributed by atoms with Gasteiger partial charge in [0.15, 0.2) is 0 Å². The summed E-state index contributed by atoms with van der Waals surface area (Å²) in [7, 11) is 7.76. The van der Waals surface area contributed by atoms with E-state index in [-0.39, 0.29) is 35.9 Å². The van der Waals surface area contributed by atoms with Crippen LogP contribution in [0.15, 0.2) is 78.9 Å². The summed E-state index contributed by atoms with van der Waals surface area (Å²) in [5, 5.41) is 0.951. The highest BCUT2D eigenvalue weighted by molar-refractivity contribution is 5.96. The Morgan fingerprint density at radius 3 is 2.19 bits per heavy atom. The van der Waals surface area contributed by atoms with Crippen molar-refractivity contribution in [2.75, 3.05) is 34.9 Å². The molecule has 7 nitrogen and oxygen atoms in total. The number of aromatic nitrogens is 1. The lowest BCUT2D eigenvalue weighted by Crippen LogP contribution is -3.00. The number of hydrogen-bond donors (Lipinski definition) is 0. The highest BCUT2D eigenvalue weighted by atomic mass is 127. The molecule has 0 spiro atoms. The SMILES string of the molecule is COC(=O)c1cc2cc(OCc3ccccc3)ccc2n1CCCCCCCOC(=O)Cc1ccc([N+](C)(C)C)cc1.[I-]. The summed E-state index contributed by atoms with van der Waals surface area (Å²) in [6, 6.07) is 26.0. The van der Waals surface area contributed by atoms with E-state index in [1.165, 1.54) is 12.8 Å². The Balaban J connectivity index is 0.00000506. The van der Waals surface area contributed by atoms with E-state index in [4.69, 9.17) is 14.2 Å². The molecule has 0 saturated heterocycles. The van der Waals surface area contributed by atoms with Crippen molar-refractivity contribution in [3.63, 3.8) is 0 Å². The van der Waals surface area contributed by atoms with Crippen molar-refractivity contribution in [3.05, 3.63) is 95.7 Å². The van der Waals surface area contributed by atoms with Gasteiger partial charge in [-0.05, 0) is 60.4 Å². The predicted molar refractivity (Wildman–Crippen MR) is 168 cm³/mol. The Kier molecular flexibility index (Phi) is 13.1. The molecule has 0 amide bonds. The second kappa shape index (κ2) is 16.5. The molecule has 3 aromatic carbocycles. The van der Waals surface area contributed by atoms with Crippen LogP contribution in [0.4, 0.5) is 5.69 Å². The maximum atomic E-state index is 12.5. The molecule has 8 heteroatoms. The van der Waals surface area contributed by atoms with E-state index in [9.17, 15) is 9.59 Å². The monoisotopic (exact) mass is 698 g/mol. The number of hydrogen-bond acceptors (Lipinski definition) is 5. The van der Waals surface area contributed by atoms with Gasteiger partial charge in [0.1, 0.15) is 23.7 Å². The number of carbonyl (C=O) groups excluding carboxylic acids is 2. The molecule has 1 aromatic heterocycles. The van der Waals surface area contributed by atoms with Gasteiger partial charge in [0, 0.05) is 17.4 Å². The molecule has 0 radical (unpaired) electrons. The van der Waals surface area contributed by atoms with E-state index in [1.807, 2.05) is 71.3 Å². The van der Waals surface area contributed by atoms with Crippen LogP contribution >= 0.6 is 0 Å². The average molecular weight is 699 g/mol. The number of fused-ring (bicyclic) bond motifs is 1. The molecule has 0 unspecified atom stereocenters. The number of rotatable bonds is 15. The van der Waals surface area contributed by atoms with Crippen LogP contribution < -0.4 is 33.2 Å². The average Bonchev–Trinajstić information content (AvgIpc) is 3.35. The fourth-order valence-electron chi connectivity index (χ4n) is 4.96. The summed E-state index contributed by atoms with van der Waals surface area (Å²) in [6.07, 6.45) is 5.12. The van der Waals surface area contributed by atoms with Gasteiger partial charge < -0.3 is 42.8 Å². The van der Waals surface area contributed by atoms with Gasteiger partial charge in [-0.3, -0.25) is 9.28 Å². The van der Waals surface area contributed by atoms with Crippen LogP contribution in [0.25, 0.3) is 10.9 Å². The Labute approximate surface area is 272 Å². The van der Waals surface area contributed by atoms with Crippen LogP contribution in [0, 0.1) is 0 Å². The molecule has 0 bridgehead atoms. The number of aryl methyl sites for hydroxylation is 1. The molecule has 0 N–H and O–H groups in total. The fourth-order valence-corrected chi connectivity index (χ4v) is 4.96. The number of methoxy groups -OCH3 is 1.